The van der Waals surface area contributed by atoms with Crippen molar-refractivity contribution in [3.63, 3.8) is 0 Å². The van der Waals surface area contributed by atoms with E-state index in [0.717, 1.165) is 24.3 Å². The van der Waals surface area contributed by atoms with Crippen LogP contribution >= 0.6 is 0 Å². The van der Waals surface area contributed by atoms with Gasteiger partial charge in [-0.3, -0.25) is 10.1 Å². The molecule has 1 aliphatic rings. The summed E-state index contributed by atoms with van der Waals surface area (Å²) >= 11 is 0. The van der Waals surface area contributed by atoms with Crippen LogP contribution < -0.4 is 20.7 Å². The zero-order valence-corrected chi connectivity index (χ0v) is 12.9. The molecule has 1 aliphatic carbocycles. The third kappa shape index (κ3) is 5.27. The average Bonchev–Trinajstić information content (AvgIpc) is 2.99. The van der Waals surface area contributed by atoms with Crippen molar-refractivity contribution in [2.75, 3.05) is 18.4 Å². The molecule has 0 heterocycles. The molecule has 0 aromatic heterocycles. The van der Waals surface area contributed by atoms with Gasteiger partial charge in [0.1, 0.15) is 5.75 Å². The Morgan fingerprint density at radius 3 is 2.77 bits per heavy atom. The minimum atomic E-state index is -0.479. The lowest BCUT2D eigenvalue weighted by Crippen LogP contribution is -2.41. The van der Waals surface area contributed by atoms with Crippen molar-refractivity contribution in [2.24, 2.45) is 0 Å². The molecule has 22 heavy (non-hydrogen) atoms. The van der Waals surface area contributed by atoms with Gasteiger partial charge in [-0.25, -0.2) is 4.79 Å². The second kappa shape index (κ2) is 8.26. The molecule has 0 bridgehead atoms. The molecule has 0 unspecified atom stereocenters. The van der Waals surface area contributed by atoms with Crippen molar-refractivity contribution in [1.29, 1.82) is 0 Å². The van der Waals surface area contributed by atoms with Crippen LogP contribution in [0, 0.1) is 0 Å². The zero-order chi connectivity index (χ0) is 15.8. The smallest absolute Gasteiger partial charge is 0.321 e. The van der Waals surface area contributed by atoms with Gasteiger partial charge < -0.3 is 15.4 Å². The van der Waals surface area contributed by atoms with Crippen LogP contribution in [0.3, 0.4) is 0 Å². The summed E-state index contributed by atoms with van der Waals surface area (Å²) in [6, 6.07) is 7.05. The average molecular weight is 305 g/mol. The molecule has 1 fully saturated rings. The van der Waals surface area contributed by atoms with Crippen molar-refractivity contribution in [3.05, 3.63) is 24.3 Å². The minimum absolute atomic E-state index is 0.0318. The number of imide groups is 1. The maximum atomic E-state index is 11.6. The monoisotopic (exact) mass is 305 g/mol. The van der Waals surface area contributed by atoms with Crippen molar-refractivity contribution >= 4 is 17.6 Å². The van der Waals surface area contributed by atoms with E-state index < -0.39 is 6.03 Å². The molecule has 0 radical (unpaired) electrons. The summed E-state index contributed by atoms with van der Waals surface area (Å²) in [4.78, 5) is 22.8. The van der Waals surface area contributed by atoms with Crippen molar-refractivity contribution in [3.8, 4) is 5.75 Å². The van der Waals surface area contributed by atoms with Crippen molar-refractivity contribution in [1.82, 2.24) is 10.6 Å². The fourth-order valence-corrected chi connectivity index (χ4v) is 2.44. The predicted octanol–water partition coefficient (Wildman–Crippen LogP) is 2.27. The quantitative estimate of drug-likeness (QED) is 0.753. The van der Waals surface area contributed by atoms with Gasteiger partial charge in [0, 0.05) is 18.3 Å². The maximum Gasteiger partial charge on any atom is 0.321 e. The topological polar surface area (TPSA) is 79.5 Å². The van der Waals surface area contributed by atoms with Gasteiger partial charge in [0.2, 0.25) is 5.91 Å². The summed E-state index contributed by atoms with van der Waals surface area (Å²) < 4.78 is 5.91. The van der Waals surface area contributed by atoms with E-state index in [2.05, 4.69) is 16.0 Å². The number of carbonyl (C=O) groups is 2. The van der Waals surface area contributed by atoms with Crippen LogP contribution in [0.2, 0.25) is 0 Å². The fraction of sp³-hybridized carbons (Fsp3) is 0.500. The van der Waals surface area contributed by atoms with Gasteiger partial charge in [-0.2, -0.15) is 0 Å². The van der Waals surface area contributed by atoms with Crippen LogP contribution in [-0.2, 0) is 4.79 Å². The van der Waals surface area contributed by atoms with Gasteiger partial charge in [0.15, 0.2) is 0 Å². The first-order chi connectivity index (χ1) is 10.7. The Kier molecular flexibility index (Phi) is 6.06. The number of rotatable bonds is 6. The molecule has 6 heteroatoms. The number of urea groups is 1. The number of carbonyl (C=O) groups excluding carboxylic acids is 2. The summed E-state index contributed by atoms with van der Waals surface area (Å²) in [6.07, 6.45) is 4.96. The molecule has 0 aliphatic heterocycles. The lowest BCUT2D eigenvalue weighted by Gasteiger charge is -2.14. The van der Waals surface area contributed by atoms with Gasteiger partial charge in [-0.15, -0.1) is 0 Å². The molecule has 0 spiro atoms. The van der Waals surface area contributed by atoms with Gasteiger partial charge in [-0.1, -0.05) is 6.07 Å². The largest absolute Gasteiger partial charge is 0.490 e. The zero-order valence-electron chi connectivity index (χ0n) is 12.9. The summed E-state index contributed by atoms with van der Waals surface area (Å²) in [5.41, 5.74) is 0.793. The summed E-state index contributed by atoms with van der Waals surface area (Å²) in [6.45, 7) is 2.30. The molecule has 0 atom stereocenters. The molecule has 0 saturated heterocycles. The van der Waals surface area contributed by atoms with E-state index in [-0.39, 0.29) is 12.5 Å². The second-order valence-electron chi connectivity index (χ2n) is 5.31. The molecule has 1 aromatic rings. The molecule has 2 rings (SSSR count). The van der Waals surface area contributed by atoms with Crippen LogP contribution in [0.1, 0.15) is 32.6 Å². The molecule has 3 amide bonds. The van der Waals surface area contributed by atoms with E-state index in [1.165, 1.54) is 12.8 Å². The molecule has 6 nitrogen and oxygen atoms in total. The normalized spacial score (nSPS) is 14.4. The van der Waals surface area contributed by atoms with Crippen molar-refractivity contribution in [2.45, 2.75) is 38.7 Å². The molecular weight excluding hydrogens is 282 g/mol. The molecule has 1 aromatic carbocycles. The number of hydrogen-bond donors (Lipinski definition) is 3. The number of hydrogen-bond acceptors (Lipinski definition) is 4. The Morgan fingerprint density at radius 1 is 1.27 bits per heavy atom. The first-order valence-electron chi connectivity index (χ1n) is 7.75. The van der Waals surface area contributed by atoms with Crippen LogP contribution in [0.5, 0.6) is 5.75 Å². The minimum Gasteiger partial charge on any atom is -0.490 e. The van der Waals surface area contributed by atoms with E-state index in [9.17, 15) is 9.59 Å². The van der Waals surface area contributed by atoms with E-state index in [1.807, 2.05) is 24.3 Å². The molecule has 1 saturated carbocycles. The Morgan fingerprint density at radius 2 is 2.05 bits per heavy atom. The lowest BCUT2D eigenvalue weighted by molar-refractivity contribution is -0.118. The highest BCUT2D eigenvalue weighted by Gasteiger charge is 2.16. The third-order valence-corrected chi connectivity index (χ3v) is 3.48. The van der Waals surface area contributed by atoms with Crippen LogP contribution in [0.15, 0.2) is 24.3 Å². The highest BCUT2D eigenvalue weighted by atomic mass is 16.5. The summed E-state index contributed by atoms with van der Waals surface area (Å²) in [5.74, 6) is 0.425. The Hall–Kier alpha value is -2.24. The summed E-state index contributed by atoms with van der Waals surface area (Å²) in [7, 11) is 0. The summed E-state index contributed by atoms with van der Waals surface area (Å²) in [5, 5.41) is 7.73. The number of nitrogens with one attached hydrogen (secondary N) is 3. The third-order valence-electron chi connectivity index (χ3n) is 3.48. The van der Waals surface area contributed by atoms with E-state index >= 15 is 0 Å². The number of amides is 3. The molecular formula is C16H23N3O3. The predicted molar refractivity (Wildman–Crippen MR) is 85.0 cm³/mol. The van der Waals surface area contributed by atoms with E-state index in [4.69, 9.17) is 4.74 Å². The van der Waals surface area contributed by atoms with Crippen LogP contribution in [0.25, 0.3) is 0 Å². The first-order valence-corrected chi connectivity index (χ1v) is 7.75. The SMILES string of the molecule is CCNC(=O)NC(=O)CNc1cccc(OC2CCCC2)c1. The molecule has 120 valence electrons. The van der Waals surface area contributed by atoms with Gasteiger partial charge in [-0.05, 0) is 44.7 Å². The number of ether oxygens (including phenoxy) is 1. The van der Waals surface area contributed by atoms with E-state index in [0.29, 0.717) is 12.6 Å². The van der Waals surface area contributed by atoms with Gasteiger partial charge >= 0.3 is 6.03 Å². The Labute approximate surface area is 130 Å². The Bertz CT molecular complexity index is 513. The highest BCUT2D eigenvalue weighted by Crippen LogP contribution is 2.25. The fourth-order valence-electron chi connectivity index (χ4n) is 2.44. The highest BCUT2D eigenvalue weighted by molar-refractivity contribution is 5.96. The second-order valence-corrected chi connectivity index (χ2v) is 5.31. The number of anilines is 1. The molecule has 3 N–H and O–H groups in total. The van der Waals surface area contributed by atoms with Crippen molar-refractivity contribution < 1.29 is 14.3 Å². The standard InChI is InChI=1S/C16H23N3O3/c1-2-17-16(21)19-15(20)11-18-12-6-5-9-14(10-12)22-13-7-3-4-8-13/h5-6,9-10,13,18H,2-4,7-8,11H2,1H3,(H2,17,19,20,21). The van der Waals surface area contributed by atoms with Gasteiger partial charge in [0.25, 0.3) is 0 Å². The number of benzene rings is 1. The van der Waals surface area contributed by atoms with Gasteiger partial charge in [0.05, 0.1) is 12.6 Å². The van der Waals surface area contributed by atoms with Crippen LogP contribution in [-0.4, -0.2) is 31.1 Å². The van der Waals surface area contributed by atoms with E-state index in [1.54, 1.807) is 6.92 Å². The Balaban J connectivity index is 1.79. The maximum absolute atomic E-state index is 11.6. The first kappa shape index (κ1) is 16.1. The van der Waals surface area contributed by atoms with Crippen LogP contribution in [0.4, 0.5) is 10.5 Å². The lowest BCUT2D eigenvalue weighted by atomic mass is 10.2.